The third-order valence-corrected chi connectivity index (χ3v) is 3.04. The number of rotatable bonds is 7. The molecule has 0 saturated heterocycles. The summed E-state index contributed by atoms with van der Waals surface area (Å²) < 4.78 is 11.3. The summed E-state index contributed by atoms with van der Waals surface area (Å²) in [5.74, 6) is 1.48. The zero-order chi connectivity index (χ0) is 15.2. The molecule has 1 rings (SSSR count). The van der Waals surface area contributed by atoms with Crippen molar-refractivity contribution in [3.8, 4) is 11.5 Å². The molecule has 0 atom stereocenters. The monoisotopic (exact) mass is 299 g/mol. The Hall–Kier alpha value is -0.930. The van der Waals surface area contributed by atoms with Crippen molar-refractivity contribution >= 4 is 11.6 Å². The van der Waals surface area contributed by atoms with Gasteiger partial charge >= 0.3 is 0 Å². The van der Waals surface area contributed by atoms with E-state index in [0.717, 1.165) is 23.5 Å². The van der Waals surface area contributed by atoms with Crippen LogP contribution in [0.3, 0.4) is 0 Å². The van der Waals surface area contributed by atoms with Crippen molar-refractivity contribution in [1.29, 1.82) is 0 Å². The topological polar surface area (TPSA) is 30.5 Å². The highest BCUT2D eigenvalue weighted by Crippen LogP contribution is 2.34. The van der Waals surface area contributed by atoms with Crippen LogP contribution >= 0.6 is 11.6 Å². The van der Waals surface area contributed by atoms with E-state index in [0.29, 0.717) is 24.8 Å². The first kappa shape index (κ1) is 17.1. The Kier molecular flexibility index (Phi) is 6.63. The molecule has 0 unspecified atom stereocenters. The average molecular weight is 300 g/mol. The van der Waals surface area contributed by atoms with Gasteiger partial charge in [-0.15, -0.1) is 0 Å². The molecule has 1 aromatic carbocycles. The summed E-state index contributed by atoms with van der Waals surface area (Å²) >= 11 is 6.33. The van der Waals surface area contributed by atoms with Crippen LogP contribution in [0, 0.1) is 0 Å². The van der Waals surface area contributed by atoms with E-state index < -0.39 is 0 Å². The van der Waals surface area contributed by atoms with Crippen LogP contribution in [0.4, 0.5) is 0 Å². The van der Waals surface area contributed by atoms with Crippen LogP contribution < -0.4 is 14.8 Å². The average Bonchev–Trinajstić information content (AvgIpc) is 2.36. The summed E-state index contributed by atoms with van der Waals surface area (Å²) in [4.78, 5) is 0. The van der Waals surface area contributed by atoms with Crippen molar-refractivity contribution in [3.63, 3.8) is 0 Å². The van der Waals surface area contributed by atoms with Crippen LogP contribution in [0.15, 0.2) is 12.1 Å². The molecule has 0 bridgehead atoms. The van der Waals surface area contributed by atoms with E-state index in [1.54, 1.807) is 0 Å². The minimum Gasteiger partial charge on any atom is -0.490 e. The standard InChI is InChI=1S/C16H26ClNO2/c1-6-8-20-15-10-13(17)12(9-14(15)19-7-2)11-18-16(3,4)5/h9-10,18H,6-8,11H2,1-5H3. The van der Waals surface area contributed by atoms with Gasteiger partial charge in [-0.25, -0.2) is 0 Å². The molecule has 20 heavy (non-hydrogen) atoms. The number of nitrogens with one attached hydrogen (secondary N) is 1. The molecule has 3 nitrogen and oxygen atoms in total. The maximum atomic E-state index is 6.33. The fourth-order valence-corrected chi connectivity index (χ4v) is 1.89. The fourth-order valence-electron chi connectivity index (χ4n) is 1.67. The molecule has 0 saturated carbocycles. The van der Waals surface area contributed by atoms with Gasteiger partial charge in [0, 0.05) is 23.2 Å². The van der Waals surface area contributed by atoms with Crippen molar-refractivity contribution in [2.45, 2.75) is 53.1 Å². The lowest BCUT2D eigenvalue weighted by molar-refractivity contribution is 0.276. The summed E-state index contributed by atoms with van der Waals surface area (Å²) in [7, 11) is 0. The molecule has 114 valence electrons. The van der Waals surface area contributed by atoms with E-state index in [9.17, 15) is 0 Å². The van der Waals surface area contributed by atoms with E-state index in [-0.39, 0.29) is 5.54 Å². The highest BCUT2D eigenvalue weighted by molar-refractivity contribution is 6.31. The van der Waals surface area contributed by atoms with E-state index in [4.69, 9.17) is 21.1 Å². The number of ether oxygens (including phenoxy) is 2. The first-order valence-electron chi connectivity index (χ1n) is 7.20. The molecule has 1 aromatic rings. The van der Waals surface area contributed by atoms with Crippen molar-refractivity contribution < 1.29 is 9.47 Å². The SMILES string of the molecule is CCCOc1cc(Cl)c(CNC(C)(C)C)cc1OCC. The minimum atomic E-state index is 0.0481. The van der Waals surface area contributed by atoms with E-state index in [1.165, 1.54) is 0 Å². The first-order valence-corrected chi connectivity index (χ1v) is 7.58. The Morgan fingerprint density at radius 1 is 1.10 bits per heavy atom. The molecule has 0 fully saturated rings. The van der Waals surface area contributed by atoms with Gasteiger partial charge in [0.25, 0.3) is 0 Å². The smallest absolute Gasteiger partial charge is 0.162 e. The molecule has 0 radical (unpaired) electrons. The Balaban J connectivity index is 2.93. The van der Waals surface area contributed by atoms with Gasteiger partial charge in [-0.3, -0.25) is 0 Å². The molecule has 0 spiro atoms. The van der Waals surface area contributed by atoms with Crippen molar-refractivity contribution in [2.75, 3.05) is 13.2 Å². The van der Waals surface area contributed by atoms with Gasteiger partial charge in [0.05, 0.1) is 13.2 Å². The molecule has 0 amide bonds. The van der Waals surface area contributed by atoms with Gasteiger partial charge in [-0.2, -0.15) is 0 Å². The summed E-state index contributed by atoms with van der Waals surface area (Å²) in [6.45, 7) is 12.4. The Bertz CT molecular complexity index is 427. The van der Waals surface area contributed by atoms with Gasteiger partial charge in [-0.05, 0) is 45.7 Å². The second-order valence-electron chi connectivity index (χ2n) is 5.78. The first-order chi connectivity index (χ1) is 9.37. The fraction of sp³-hybridized carbons (Fsp3) is 0.625. The molecule has 0 aromatic heterocycles. The molecule has 0 heterocycles. The van der Waals surface area contributed by atoms with Gasteiger partial charge in [0.2, 0.25) is 0 Å². The quantitative estimate of drug-likeness (QED) is 0.808. The summed E-state index contributed by atoms with van der Waals surface area (Å²) in [6.07, 6.45) is 0.955. The van der Waals surface area contributed by atoms with Gasteiger partial charge in [0.1, 0.15) is 0 Å². The molecule has 4 heteroatoms. The third-order valence-electron chi connectivity index (χ3n) is 2.68. The second-order valence-corrected chi connectivity index (χ2v) is 6.18. The lowest BCUT2D eigenvalue weighted by Gasteiger charge is -2.22. The van der Waals surface area contributed by atoms with Gasteiger partial charge in [0.15, 0.2) is 11.5 Å². The number of halogens is 1. The predicted octanol–water partition coefficient (Wildman–Crippen LogP) is 4.42. The van der Waals surface area contributed by atoms with Crippen molar-refractivity contribution in [2.24, 2.45) is 0 Å². The van der Waals surface area contributed by atoms with E-state index in [1.807, 2.05) is 19.1 Å². The third kappa shape index (κ3) is 5.59. The highest BCUT2D eigenvalue weighted by atomic mass is 35.5. The summed E-state index contributed by atoms with van der Waals surface area (Å²) in [6, 6.07) is 3.82. The minimum absolute atomic E-state index is 0.0481. The molecule has 0 aliphatic carbocycles. The molecular weight excluding hydrogens is 274 g/mol. The van der Waals surface area contributed by atoms with E-state index in [2.05, 4.69) is 33.0 Å². The van der Waals surface area contributed by atoms with Crippen molar-refractivity contribution in [3.05, 3.63) is 22.7 Å². The summed E-state index contributed by atoms with van der Waals surface area (Å²) in [5, 5.41) is 4.14. The summed E-state index contributed by atoms with van der Waals surface area (Å²) in [5.41, 5.74) is 1.07. The number of benzene rings is 1. The maximum absolute atomic E-state index is 6.33. The van der Waals surface area contributed by atoms with Gasteiger partial charge in [-0.1, -0.05) is 18.5 Å². The molecular formula is C16H26ClNO2. The van der Waals surface area contributed by atoms with Crippen LogP contribution in [-0.4, -0.2) is 18.8 Å². The molecule has 0 aliphatic rings. The lowest BCUT2D eigenvalue weighted by Crippen LogP contribution is -2.35. The Morgan fingerprint density at radius 3 is 2.30 bits per heavy atom. The number of hydrogen-bond acceptors (Lipinski definition) is 3. The van der Waals surface area contributed by atoms with Crippen LogP contribution in [0.25, 0.3) is 0 Å². The lowest BCUT2D eigenvalue weighted by atomic mass is 10.1. The predicted molar refractivity (Wildman–Crippen MR) is 85.0 cm³/mol. The number of hydrogen-bond donors (Lipinski definition) is 1. The normalized spacial score (nSPS) is 11.5. The highest BCUT2D eigenvalue weighted by Gasteiger charge is 2.14. The van der Waals surface area contributed by atoms with E-state index >= 15 is 0 Å². The maximum Gasteiger partial charge on any atom is 0.162 e. The zero-order valence-electron chi connectivity index (χ0n) is 13.2. The van der Waals surface area contributed by atoms with Gasteiger partial charge < -0.3 is 14.8 Å². The second kappa shape index (κ2) is 7.75. The Morgan fingerprint density at radius 2 is 1.75 bits per heavy atom. The van der Waals surface area contributed by atoms with Crippen LogP contribution in [0.5, 0.6) is 11.5 Å². The Labute approximate surface area is 127 Å². The largest absolute Gasteiger partial charge is 0.490 e. The van der Waals surface area contributed by atoms with Crippen LogP contribution in [0.2, 0.25) is 5.02 Å². The molecule has 1 N–H and O–H groups in total. The zero-order valence-corrected chi connectivity index (χ0v) is 13.9. The van der Waals surface area contributed by atoms with Crippen LogP contribution in [0.1, 0.15) is 46.6 Å². The molecule has 0 aliphatic heterocycles. The van der Waals surface area contributed by atoms with Crippen molar-refractivity contribution in [1.82, 2.24) is 5.32 Å². The van der Waals surface area contributed by atoms with Crippen LogP contribution in [-0.2, 0) is 6.54 Å².